The Morgan fingerprint density at radius 2 is 1.63 bits per heavy atom. The van der Waals surface area contributed by atoms with E-state index in [1.54, 1.807) is 6.20 Å². The number of benzene rings is 3. The molecule has 0 amide bonds. The van der Waals surface area contributed by atoms with Crippen LogP contribution in [0.25, 0.3) is 33.2 Å². The summed E-state index contributed by atoms with van der Waals surface area (Å²) in [5.41, 5.74) is 12.3. The van der Waals surface area contributed by atoms with E-state index in [-0.39, 0.29) is 0 Å². The van der Waals surface area contributed by atoms with Crippen LogP contribution in [-0.2, 0) is 6.61 Å². The summed E-state index contributed by atoms with van der Waals surface area (Å²) in [5.74, 6) is 1.32. The van der Waals surface area contributed by atoms with Gasteiger partial charge >= 0.3 is 0 Å². The number of hydrogen-bond donors (Lipinski definition) is 2. The molecule has 0 aliphatic heterocycles. The third-order valence-electron chi connectivity index (χ3n) is 5.12. The van der Waals surface area contributed by atoms with Crippen molar-refractivity contribution in [2.75, 3.05) is 5.73 Å². The van der Waals surface area contributed by atoms with Gasteiger partial charge in [-0.25, -0.2) is 0 Å². The highest BCUT2D eigenvalue weighted by atomic mass is 16.5. The van der Waals surface area contributed by atoms with Crippen molar-refractivity contribution < 1.29 is 4.74 Å². The minimum absolute atomic E-state index is 0.492. The number of nitrogens with one attached hydrogen (secondary N) is 1. The first kappa shape index (κ1) is 17.9. The Bertz CT molecular complexity index is 1280. The van der Waals surface area contributed by atoms with Crippen LogP contribution in [0.5, 0.6) is 5.75 Å². The largest absolute Gasteiger partial charge is 0.489 e. The number of nitrogens with zero attached hydrogens (tertiary/aromatic N) is 2. The minimum atomic E-state index is 0.492. The summed E-state index contributed by atoms with van der Waals surface area (Å²) in [5, 5.41) is 8.06. The van der Waals surface area contributed by atoms with Gasteiger partial charge in [-0.3, -0.25) is 10.1 Å². The predicted octanol–water partition coefficient (Wildman–Crippen LogP) is 5.45. The van der Waals surface area contributed by atoms with Crippen LogP contribution < -0.4 is 10.5 Å². The Labute approximate surface area is 174 Å². The number of anilines is 1. The van der Waals surface area contributed by atoms with Crippen LogP contribution in [0.4, 0.5) is 5.82 Å². The van der Waals surface area contributed by atoms with Crippen LogP contribution >= 0.6 is 0 Å². The van der Waals surface area contributed by atoms with Crippen molar-refractivity contribution >= 4 is 16.7 Å². The van der Waals surface area contributed by atoms with Gasteiger partial charge in [-0.15, -0.1) is 0 Å². The maximum atomic E-state index is 6.04. The molecule has 0 bridgehead atoms. The van der Waals surface area contributed by atoms with Gasteiger partial charge in [-0.05, 0) is 52.6 Å². The molecule has 0 saturated carbocycles. The zero-order chi connectivity index (χ0) is 20.3. The average molecular weight is 392 g/mol. The fourth-order valence-electron chi connectivity index (χ4n) is 3.56. The monoisotopic (exact) mass is 392 g/mol. The minimum Gasteiger partial charge on any atom is -0.489 e. The van der Waals surface area contributed by atoms with Gasteiger partial charge in [-0.1, -0.05) is 48.5 Å². The number of aromatic nitrogens is 3. The lowest BCUT2D eigenvalue weighted by Gasteiger charge is -2.12. The first-order valence-electron chi connectivity index (χ1n) is 9.73. The summed E-state index contributed by atoms with van der Waals surface area (Å²) >= 11 is 0. The maximum Gasteiger partial charge on any atom is 0.153 e. The van der Waals surface area contributed by atoms with Gasteiger partial charge in [0.15, 0.2) is 5.82 Å². The number of aromatic amines is 1. The molecule has 0 unspecified atom stereocenters. The standard InChI is InChI=1S/C25H20N4O/c26-25-23-13-21(19-7-4-12-27-15-19)22(14-24(23)28-29-25)18-8-10-20(11-9-18)30-16-17-5-2-1-3-6-17/h1-15H,16H2,(H3,26,28,29). The van der Waals surface area contributed by atoms with Crippen LogP contribution in [-0.4, -0.2) is 15.2 Å². The van der Waals surface area contributed by atoms with Crippen LogP contribution in [0.3, 0.4) is 0 Å². The van der Waals surface area contributed by atoms with Crippen LogP contribution in [0, 0.1) is 0 Å². The molecule has 5 aromatic rings. The van der Waals surface area contributed by atoms with E-state index in [1.807, 2.05) is 48.7 Å². The molecule has 2 aromatic heterocycles. The molecule has 30 heavy (non-hydrogen) atoms. The van der Waals surface area contributed by atoms with Gasteiger partial charge in [0, 0.05) is 23.3 Å². The van der Waals surface area contributed by atoms with E-state index in [2.05, 4.69) is 51.6 Å². The van der Waals surface area contributed by atoms with Gasteiger partial charge in [0.2, 0.25) is 0 Å². The molecular formula is C25H20N4O. The van der Waals surface area contributed by atoms with E-state index in [4.69, 9.17) is 10.5 Å². The highest BCUT2D eigenvalue weighted by molar-refractivity contribution is 5.98. The number of nitrogens with two attached hydrogens (primary N) is 1. The molecule has 0 fully saturated rings. The number of fused-ring (bicyclic) bond motifs is 1. The molecule has 0 aliphatic carbocycles. The second kappa shape index (κ2) is 7.72. The van der Waals surface area contributed by atoms with E-state index < -0.39 is 0 Å². The lowest BCUT2D eigenvalue weighted by molar-refractivity contribution is 0.306. The Kier molecular flexibility index (Phi) is 4.62. The smallest absolute Gasteiger partial charge is 0.153 e. The molecule has 5 rings (SSSR count). The van der Waals surface area contributed by atoms with Gasteiger partial charge in [0.05, 0.1) is 5.52 Å². The van der Waals surface area contributed by atoms with Crippen LogP contribution in [0.15, 0.2) is 91.3 Å². The molecule has 0 radical (unpaired) electrons. The summed E-state index contributed by atoms with van der Waals surface area (Å²) in [6.45, 7) is 0.542. The Hall–Kier alpha value is -4.12. The highest BCUT2D eigenvalue weighted by Gasteiger charge is 2.13. The second-order valence-corrected chi connectivity index (χ2v) is 7.09. The molecule has 0 aliphatic rings. The number of hydrogen-bond acceptors (Lipinski definition) is 4. The number of rotatable bonds is 5. The Balaban J connectivity index is 1.50. The number of nitrogen functional groups attached to an aromatic ring is 1. The summed E-state index contributed by atoms with van der Waals surface area (Å²) in [7, 11) is 0. The molecule has 2 heterocycles. The van der Waals surface area contributed by atoms with E-state index in [1.165, 1.54) is 0 Å². The SMILES string of the molecule is Nc1n[nH]c2cc(-c3ccc(OCc4ccccc4)cc3)c(-c3cccnc3)cc12. The van der Waals surface area contributed by atoms with Gasteiger partial charge in [0.25, 0.3) is 0 Å². The topological polar surface area (TPSA) is 76.8 Å². The summed E-state index contributed by atoms with van der Waals surface area (Å²) < 4.78 is 5.93. The molecular weight excluding hydrogens is 372 g/mol. The lowest BCUT2D eigenvalue weighted by atomic mass is 9.94. The Morgan fingerprint density at radius 3 is 2.40 bits per heavy atom. The molecule has 5 heteroatoms. The third kappa shape index (κ3) is 3.49. The molecule has 146 valence electrons. The summed E-state index contributed by atoms with van der Waals surface area (Å²) in [4.78, 5) is 4.28. The van der Waals surface area contributed by atoms with Gasteiger partial charge in [0.1, 0.15) is 12.4 Å². The van der Waals surface area contributed by atoms with E-state index >= 15 is 0 Å². The number of ether oxygens (including phenoxy) is 1. The van der Waals surface area contributed by atoms with Crippen LogP contribution in [0.1, 0.15) is 5.56 Å². The highest BCUT2D eigenvalue weighted by Crippen LogP contribution is 2.36. The molecule has 0 spiro atoms. The fraction of sp³-hybridized carbons (Fsp3) is 0.0400. The van der Waals surface area contributed by atoms with E-state index in [9.17, 15) is 0 Å². The molecule has 0 atom stereocenters. The zero-order valence-corrected chi connectivity index (χ0v) is 16.2. The van der Waals surface area contributed by atoms with Crippen molar-refractivity contribution in [1.29, 1.82) is 0 Å². The molecule has 5 nitrogen and oxygen atoms in total. The summed E-state index contributed by atoms with van der Waals surface area (Å²) in [6, 6.07) is 26.4. The normalized spacial score (nSPS) is 10.9. The quantitative estimate of drug-likeness (QED) is 0.417. The predicted molar refractivity (Wildman–Crippen MR) is 120 cm³/mol. The first-order chi connectivity index (χ1) is 14.8. The van der Waals surface area contributed by atoms with Crippen molar-refractivity contribution in [3.8, 4) is 28.0 Å². The first-order valence-corrected chi connectivity index (χ1v) is 9.73. The molecule has 0 saturated heterocycles. The molecule has 3 N–H and O–H groups in total. The number of pyridine rings is 1. The third-order valence-corrected chi connectivity index (χ3v) is 5.12. The number of H-pyrrole nitrogens is 1. The van der Waals surface area contributed by atoms with E-state index in [0.717, 1.165) is 44.5 Å². The molecule has 3 aromatic carbocycles. The maximum absolute atomic E-state index is 6.04. The Morgan fingerprint density at radius 1 is 0.833 bits per heavy atom. The van der Waals surface area contributed by atoms with Gasteiger partial charge < -0.3 is 10.5 Å². The van der Waals surface area contributed by atoms with Gasteiger partial charge in [-0.2, -0.15) is 5.10 Å². The summed E-state index contributed by atoms with van der Waals surface area (Å²) in [6.07, 6.45) is 3.63. The second-order valence-electron chi connectivity index (χ2n) is 7.09. The van der Waals surface area contributed by atoms with Crippen molar-refractivity contribution in [1.82, 2.24) is 15.2 Å². The fourth-order valence-corrected chi connectivity index (χ4v) is 3.56. The lowest BCUT2D eigenvalue weighted by Crippen LogP contribution is -1.95. The van der Waals surface area contributed by atoms with Crippen LogP contribution in [0.2, 0.25) is 0 Å². The van der Waals surface area contributed by atoms with Crippen molar-refractivity contribution in [3.05, 3.63) is 96.8 Å². The van der Waals surface area contributed by atoms with Crippen molar-refractivity contribution in [2.45, 2.75) is 6.61 Å². The van der Waals surface area contributed by atoms with E-state index in [0.29, 0.717) is 12.4 Å². The average Bonchev–Trinajstić information content (AvgIpc) is 3.18. The van der Waals surface area contributed by atoms with Crippen molar-refractivity contribution in [3.63, 3.8) is 0 Å². The van der Waals surface area contributed by atoms with Crippen molar-refractivity contribution in [2.24, 2.45) is 0 Å². The zero-order valence-electron chi connectivity index (χ0n) is 16.2.